The summed E-state index contributed by atoms with van der Waals surface area (Å²) < 4.78 is 40.2. The van der Waals surface area contributed by atoms with E-state index in [1.165, 1.54) is 12.1 Å². The average molecular weight is 283 g/mol. The van der Waals surface area contributed by atoms with E-state index in [9.17, 15) is 13.2 Å². The Morgan fingerprint density at radius 2 is 2.10 bits per heavy atom. The van der Waals surface area contributed by atoms with Crippen LogP contribution in [0.25, 0.3) is 0 Å². The van der Waals surface area contributed by atoms with Crippen molar-refractivity contribution in [3.05, 3.63) is 53.6 Å². The third kappa shape index (κ3) is 3.01. The van der Waals surface area contributed by atoms with Gasteiger partial charge in [-0.2, -0.15) is 13.2 Å². The molecule has 0 aliphatic carbocycles. The minimum Gasteiger partial charge on any atom is -0.336 e. The van der Waals surface area contributed by atoms with Gasteiger partial charge in [0.1, 0.15) is 0 Å². The minimum atomic E-state index is -4.33. The van der Waals surface area contributed by atoms with E-state index in [4.69, 9.17) is 0 Å². The first-order valence-electron chi connectivity index (χ1n) is 6.30. The normalized spacial score (nSPS) is 13.4. The number of alkyl halides is 3. The van der Waals surface area contributed by atoms with Crippen molar-refractivity contribution in [3.63, 3.8) is 0 Å². The predicted octanol–water partition coefficient (Wildman–Crippen LogP) is 3.14. The number of hydrogen-bond donors (Lipinski definition) is 1. The van der Waals surface area contributed by atoms with E-state index < -0.39 is 11.7 Å². The smallest absolute Gasteiger partial charge is 0.336 e. The molecule has 0 aliphatic rings. The van der Waals surface area contributed by atoms with Gasteiger partial charge in [0.15, 0.2) is 0 Å². The minimum absolute atomic E-state index is 0.310. The fourth-order valence-electron chi connectivity index (χ4n) is 2.14. The first-order chi connectivity index (χ1) is 9.43. The van der Waals surface area contributed by atoms with Gasteiger partial charge in [-0.15, -0.1) is 0 Å². The number of imidazole rings is 1. The third-order valence-corrected chi connectivity index (χ3v) is 3.11. The van der Waals surface area contributed by atoms with Gasteiger partial charge in [-0.3, -0.25) is 0 Å². The summed E-state index contributed by atoms with van der Waals surface area (Å²) in [5, 5.41) is 3.19. The number of nitrogens with one attached hydrogen (secondary N) is 1. The lowest BCUT2D eigenvalue weighted by Crippen LogP contribution is -2.24. The van der Waals surface area contributed by atoms with Gasteiger partial charge in [0.2, 0.25) is 0 Å². The Kier molecular flexibility index (Phi) is 4.13. The van der Waals surface area contributed by atoms with Crippen LogP contribution in [0.2, 0.25) is 0 Å². The Labute approximate surface area is 115 Å². The van der Waals surface area contributed by atoms with Gasteiger partial charge < -0.3 is 9.88 Å². The molecule has 1 atom stereocenters. The zero-order valence-corrected chi connectivity index (χ0v) is 11.3. The quantitative estimate of drug-likeness (QED) is 0.934. The van der Waals surface area contributed by atoms with Crippen LogP contribution in [0.1, 0.15) is 29.8 Å². The molecule has 20 heavy (non-hydrogen) atoms. The van der Waals surface area contributed by atoms with E-state index in [2.05, 4.69) is 10.3 Å². The van der Waals surface area contributed by atoms with Gasteiger partial charge in [-0.25, -0.2) is 4.98 Å². The maximum atomic E-state index is 12.8. The zero-order valence-electron chi connectivity index (χ0n) is 11.3. The van der Waals surface area contributed by atoms with Crippen LogP contribution in [-0.2, 0) is 13.2 Å². The van der Waals surface area contributed by atoms with Crippen LogP contribution in [0.5, 0.6) is 0 Å². The van der Waals surface area contributed by atoms with Crippen molar-refractivity contribution in [2.24, 2.45) is 7.05 Å². The van der Waals surface area contributed by atoms with Crippen molar-refractivity contribution < 1.29 is 13.2 Å². The van der Waals surface area contributed by atoms with Gasteiger partial charge in [-0.1, -0.05) is 19.1 Å². The molecule has 108 valence electrons. The first-order valence-corrected chi connectivity index (χ1v) is 6.30. The summed E-state index contributed by atoms with van der Waals surface area (Å²) in [4.78, 5) is 4.02. The summed E-state index contributed by atoms with van der Waals surface area (Å²) in [6.07, 6.45) is -1.04. The molecule has 1 aromatic carbocycles. The molecule has 0 spiro atoms. The summed E-state index contributed by atoms with van der Waals surface area (Å²) in [7, 11) is 1.82. The molecule has 2 aromatic rings. The van der Waals surface area contributed by atoms with E-state index in [-0.39, 0.29) is 6.04 Å². The fourth-order valence-corrected chi connectivity index (χ4v) is 2.14. The topological polar surface area (TPSA) is 29.9 Å². The zero-order chi connectivity index (χ0) is 14.8. The molecule has 0 radical (unpaired) electrons. The largest absolute Gasteiger partial charge is 0.416 e. The Morgan fingerprint density at radius 1 is 1.35 bits per heavy atom. The maximum Gasteiger partial charge on any atom is 0.416 e. The summed E-state index contributed by atoms with van der Waals surface area (Å²) in [5.74, 6) is 0. The van der Waals surface area contributed by atoms with Crippen molar-refractivity contribution >= 4 is 0 Å². The molecule has 1 aromatic heterocycles. The molecule has 1 heterocycles. The lowest BCUT2D eigenvalue weighted by Gasteiger charge is -2.20. The molecule has 1 unspecified atom stereocenters. The Morgan fingerprint density at radius 3 is 2.65 bits per heavy atom. The van der Waals surface area contributed by atoms with Crippen molar-refractivity contribution in [2.75, 3.05) is 6.54 Å². The van der Waals surface area contributed by atoms with Crippen molar-refractivity contribution in [1.82, 2.24) is 14.9 Å². The highest BCUT2D eigenvalue weighted by Gasteiger charge is 2.31. The van der Waals surface area contributed by atoms with Crippen LogP contribution < -0.4 is 5.32 Å². The molecule has 2 rings (SSSR count). The highest BCUT2D eigenvalue weighted by Crippen LogP contribution is 2.32. The van der Waals surface area contributed by atoms with Crippen molar-refractivity contribution in [2.45, 2.75) is 19.1 Å². The van der Waals surface area contributed by atoms with E-state index >= 15 is 0 Å². The lowest BCUT2D eigenvalue weighted by atomic mass is 10.0. The second-order valence-electron chi connectivity index (χ2n) is 4.54. The molecular weight excluding hydrogens is 267 g/mol. The average Bonchev–Trinajstić information content (AvgIpc) is 2.81. The molecule has 0 saturated heterocycles. The summed E-state index contributed by atoms with van der Waals surface area (Å²) in [6, 6.07) is 5.07. The molecule has 1 N–H and O–H groups in total. The van der Waals surface area contributed by atoms with Crippen LogP contribution in [0.4, 0.5) is 13.2 Å². The SMILES string of the molecule is CCNC(c1cccc(C(F)(F)F)c1)c1cncn1C. The Hall–Kier alpha value is -1.82. The number of rotatable bonds is 4. The Balaban J connectivity index is 2.43. The molecule has 0 bridgehead atoms. The Bertz CT molecular complexity index is 575. The fraction of sp³-hybridized carbons (Fsp3) is 0.357. The van der Waals surface area contributed by atoms with Crippen LogP contribution in [0.3, 0.4) is 0 Å². The molecule has 0 saturated carbocycles. The molecule has 0 fully saturated rings. The van der Waals surface area contributed by atoms with Crippen molar-refractivity contribution in [1.29, 1.82) is 0 Å². The van der Waals surface area contributed by atoms with Crippen LogP contribution in [0.15, 0.2) is 36.8 Å². The van der Waals surface area contributed by atoms with Gasteiger partial charge >= 0.3 is 6.18 Å². The van der Waals surface area contributed by atoms with Gasteiger partial charge in [-0.05, 0) is 24.2 Å². The third-order valence-electron chi connectivity index (χ3n) is 3.11. The highest BCUT2D eigenvalue weighted by atomic mass is 19.4. The van der Waals surface area contributed by atoms with Crippen molar-refractivity contribution in [3.8, 4) is 0 Å². The summed E-state index contributed by atoms with van der Waals surface area (Å²) >= 11 is 0. The molecule has 0 aliphatic heterocycles. The summed E-state index contributed by atoms with van der Waals surface area (Å²) in [5.41, 5.74) is 0.761. The second kappa shape index (κ2) is 5.66. The number of benzene rings is 1. The van der Waals surface area contributed by atoms with E-state index in [0.29, 0.717) is 12.1 Å². The molecule has 0 amide bonds. The number of hydrogen-bond acceptors (Lipinski definition) is 2. The predicted molar refractivity (Wildman–Crippen MR) is 70.2 cm³/mol. The van der Waals surface area contributed by atoms with Gasteiger partial charge in [0.25, 0.3) is 0 Å². The standard InChI is InChI=1S/C14H16F3N3/c1-3-19-13(12-8-18-9-20(12)2)10-5-4-6-11(7-10)14(15,16)17/h4-9,13,19H,3H2,1-2H3. The van der Waals surface area contributed by atoms with Gasteiger partial charge in [0, 0.05) is 7.05 Å². The van der Waals surface area contributed by atoms with Gasteiger partial charge in [0.05, 0.1) is 29.8 Å². The molecular formula is C14H16F3N3. The van der Waals surface area contributed by atoms with E-state index in [1.807, 2.05) is 14.0 Å². The maximum absolute atomic E-state index is 12.8. The second-order valence-corrected chi connectivity index (χ2v) is 4.54. The van der Waals surface area contributed by atoms with E-state index in [0.717, 1.165) is 11.8 Å². The number of nitrogens with zero attached hydrogens (tertiary/aromatic N) is 2. The summed E-state index contributed by atoms with van der Waals surface area (Å²) in [6.45, 7) is 2.56. The number of aromatic nitrogens is 2. The van der Waals surface area contributed by atoms with Crippen LogP contribution in [0, 0.1) is 0 Å². The van der Waals surface area contributed by atoms with Crippen LogP contribution in [-0.4, -0.2) is 16.1 Å². The molecule has 3 nitrogen and oxygen atoms in total. The van der Waals surface area contributed by atoms with E-state index in [1.54, 1.807) is 23.2 Å². The highest BCUT2D eigenvalue weighted by molar-refractivity contribution is 5.32. The number of halogens is 3. The van der Waals surface area contributed by atoms with Crippen LogP contribution >= 0.6 is 0 Å². The number of aryl methyl sites for hydroxylation is 1. The lowest BCUT2D eigenvalue weighted by molar-refractivity contribution is -0.137. The monoisotopic (exact) mass is 283 g/mol. The first kappa shape index (κ1) is 14.6. The molecule has 6 heteroatoms.